The van der Waals surface area contributed by atoms with E-state index < -0.39 is 10.0 Å². The second kappa shape index (κ2) is 7.92. The van der Waals surface area contributed by atoms with E-state index in [1.807, 2.05) is 12.1 Å². The van der Waals surface area contributed by atoms with Gasteiger partial charge in [-0.05, 0) is 49.4 Å². The Labute approximate surface area is 128 Å². The Kier molecular flexibility index (Phi) is 6.21. The molecule has 1 aliphatic carbocycles. The Morgan fingerprint density at radius 2 is 1.81 bits per heavy atom. The van der Waals surface area contributed by atoms with E-state index in [9.17, 15) is 8.42 Å². The molecule has 1 aliphatic rings. The second-order valence-electron chi connectivity index (χ2n) is 5.82. The van der Waals surface area contributed by atoms with Gasteiger partial charge in [0.1, 0.15) is 0 Å². The van der Waals surface area contributed by atoms with Crippen molar-refractivity contribution >= 4 is 10.0 Å². The molecule has 0 saturated heterocycles. The van der Waals surface area contributed by atoms with E-state index in [0.29, 0.717) is 17.4 Å². The lowest BCUT2D eigenvalue weighted by Gasteiger charge is -2.11. The Morgan fingerprint density at radius 3 is 2.43 bits per heavy atom. The maximum atomic E-state index is 12.2. The summed E-state index contributed by atoms with van der Waals surface area (Å²) in [5.41, 5.74) is 1.11. The largest absolute Gasteiger partial charge is 0.313 e. The highest BCUT2D eigenvalue weighted by atomic mass is 32.2. The average molecular weight is 310 g/mol. The monoisotopic (exact) mass is 310 g/mol. The van der Waals surface area contributed by atoms with Crippen LogP contribution >= 0.6 is 0 Å². The van der Waals surface area contributed by atoms with Crippen LogP contribution in [0.25, 0.3) is 0 Å². The summed E-state index contributed by atoms with van der Waals surface area (Å²) in [6.07, 6.45) is 5.84. The van der Waals surface area contributed by atoms with Gasteiger partial charge in [0, 0.05) is 13.1 Å². The fourth-order valence-corrected chi connectivity index (χ4v) is 3.84. The van der Waals surface area contributed by atoms with Crippen LogP contribution < -0.4 is 10.0 Å². The van der Waals surface area contributed by atoms with E-state index in [1.165, 1.54) is 12.8 Å². The molecule has 0 amide bonds. The molecule has 1 aromatic rings. The Hall–Kier alpha value is -0.910. The van der Waals surface area contributed by atoms with Gasteiger partial charge in [-0.1, -0.05) is 31.9 Å². The topological polar surface area (TPSA) is 58.2 Å². The van der Waals surface area contributed by atoms with Crippen LogP contribution in [0.1, 0.15) is 44.6 Å². The van der Waals surface area contributed by atoms with Gasteiger partial charge >= 0.3 is 0 Å². The van der Waals surface area contributed by atoms with Crippen molar-refractivity contribution < 1.29 is 8.42 Å². The van der Waals surface area contributed by atoms with Crippen LogP contribution in [-0.2, 0) is 16.6 Å². The van der Waals surface area contributed by atoms with E-state index >= 15 is 0 Å². The van der Waals surface area contributed by atoms with Gasteiger partial charge in [0.25, 0.3) is 0 Å². The van der Waals surface area contributed by atoms with Gasteiger partial charge in [0.05, 0.1) is 4.90 Å². The maximum Gasteiger partial charge on any atom is 0.240 e. The molecule has 0 atom stereocenters. The molecule has 0 unspecified atom stereocenters. The van der Waals surface area contributed by atoms with Crippen molar-refractivity contribution in [2.24, 2.45) is 5.92 Å². The molecule has 1 saturated carbocycles. The molecule has 2 N–H and O–H groups in total. The number of sulfonamides is 1. The minimum Gasteiger partial charge on any atom is -0.313 e. The Balaban J connectivity index is 1.89. The van der Waals surface area contributed by atoms with Gasteiger partial charge in [-0.15, -0.1) is 0 Å². The first-order valence-electron chi connectivity index (χ1n) is 7.91. The van der Waals surface area contributed by atoms with Crippen LogP contribution in [-0.4, -0.2) is 21.5 Å². The van der Waals surface area contributed by atoms with E-state index in [-0.39, 0.29) is 0 Å². The predicted octanol–water partition coefficient (Wildman–Crippen LogP) is 2.65. The fraction of sp³-hybridized carbons (Fsp3) is 0.625. The van der Waals surface area contributed by atoms with E-state index in [0.717, 1.165) is 37.9 Å². The van der Waals surface area contributed by atoms with Crippen LogP contribution in [0.5, 0.6) is 0 Å². The lowest BCUT2D eigenvalue weighted by Crippen LogP contribution is -2.28. The van der Waals surface area contributed by atoms with E-state index in [1.54, 1.807) is 12.1 Å². The molecule has 0 bridgehead atoms. The van der Waals surface area contributed by atoms with Crippen LogP contribution in [0.3, 0.4) is 0 Å². The van der Waals surface area contributed by atoms with Crippen LogP contribution in [0.15, 0.2) is 29.2 Å². The summed E-state index contributed by atoms with van der Waals surface area (Å²) in [6.45, 7) is 4.45. The van der Waals surface area contributed by atoms with Crippen LogP contribution in [0, 0.1) is 5.92 Å². The van der Waals surface area contributed by atoms with Gasteiger partial charge in [-0.3, -0.25) is 0 Å². The minimum atomic E-state index is -3.36. The van der Waals surface area contributed by atoms with Crippen molar-refractivity contribution in [2.75, 3.05) is 13.1 Å². The van der Waals surface area contributed by atoms with Crippen molar-refractivity contribution in [3.05, 3.63) is 29.8 Å². The summed E-state index contributed by atoms with van der Waals surface area (Å²) in [6, 6.07) is 7.15. The zero-order valence-corrected chi connectivity index (χ0v) is 13.6. The second-order valence-corrected chi connectivity index (χ2v) is 7.59. The number of hydrogen-bond donors (Lipinski definition) is 2. The van der Waals surface area contributed by atoms with Crippen molar-refractivity contribution in [1.29, 1.82) is 0 Å². The van der Waals surface area contributed by atoms with E-state index in [4.69, 9.17) is 0 Å². The first kappa shape index (κ1) is 16.5. The summed E-state index contributed by atoms with van der Waals surface area (Å²) in [5.74, 6) is 0.511. The summed E-state index contributed by atoms with van der Waals surface area (Å²) in [4.78, 5) is 0.361. The number of rotatable bonds is 8. The third-order valence-electron chi connectivity index (χ3n) is 4.03. The zero-order valence-electron chi connectivity index (χ0n) is 12.8. The molecule has 4 nitrogen and oxygen atoms in total. The van der Waals surface area contributed by atoms with E-state index in [2.05, 4.69) is 17.0 Å². The Morgan fingerprint density at radius 1 is 1.14 bits per heavy atom. The smallest absolute Gasteiger partial charge is 0.240 e. The molecule has 2 rings (SSSR count). The first-order valence-corrected chi connectivity index (χ1v) is 9.39. The molecule has 118 valence electrons. The van der Waals surface area contributed by atoms with Gasteiger partial charge in [0.2, 0.25) is 10.0 Å². The maximum absolute atomic E-state index is 12.2. The number of benzene rings is 1. The third kappa shape index (κ3) is 5.09. The molecule has 1 aromatic carbocycles. The summed E-state index contributed by atoms with van der Waals surface area (Å²) in [7, 11) is -3.36. The van der Waals surface area contributed by atoms with Crippen molar-refractivity contribution in [3.63, 3.8) is 0 Å². The summed E-state index contributed by atoms with van der Waals surface area (Å²) in [5, 5.41) is 3.31. The van der Waals surface area contributed by atoms with Gasteiger partial charge in [-0.2, -0.15) is 0 Å². The molecule has 0 aromatic heterocycles. The molecular weight excluding hydrogens is 284 g/mol. The lowest BCUT2D eigenvalue weighted by molar-refractivity contribution is 0.519. The summed E-state index contributed by atoms with van der Waals surface area (Å²) >= 11 is 0. The SMILES string of the molecule is CCCNCc1ccc(S(=O)(=O)NCC2CCCC2)cc1. The normalized spacial score (nSPS) is 16.4. The third-order valence-corrected chi connectivity index (χ3v) is 5.47. The number of hydrogen-bond acceptors (Lipinski definition) is 3. The summed E-state index contributed by atoms with van der Waals surface area (Å²) < 4.78 is 27.2. The molecule has 0 radical (unpaired) electrons. The van der Waals surface area contributed by atoms with Crippen LogP contribution in [0.4, 0.5) is 0 Å². The molecule has 0 spiro atoms. The average Bonchev–Trinajstić information content (AvgIpc) is 3.00. The highest BCUT2D eigenvalue weighted by Gasteiger charge is 2.19. The molecule has 1 fully saturated rings. The molecule has 5 heteroatoms. The predicted molar refractivity (Wildman–Crippen MR) is 85.6 cm³/mol. The highest BCUT2D eigenvalue weighted by molar-refractivity contribution is 7.89. The quantitative estimate of drug-likeness (QED) is 0.726. The first-order chi connectivity index (χ1) is 10.1. The lowest BCUT2D eigenvalue weighted by atomic mass is 10.1. The fourth-order valence-electron chi connectivity index (χ4n) is 2.72. The highest BCUT2D eigenvalue weighted by Crippen LogP contribution is 2.24. The molecule has 21 heavy (non-hydrogen) atoms. The van der Waals surface area contributed by atoms with Gasteiger partial charge < -0.3 is 5.32 Å². The van der Waals surface area contributed by atoms with Crippen molar-refractivity contribution in [2.45, 2.75) is 50.5 Å². The van der Waals surface area contributed by atoms with Crippen LogP contribution in [0.2, 0.25) is 0 Å². The number of nitrogens with one attached hydrogen (secondary N) is 2. The van der Waals surface area contributed by atoms with Gasteiger partial charge in [0.15, 0.2) is 0 Å². The minimum absolute atomic E-state index is 0.361. The van der Waals surface area contributed by atoms with Gasteiger partial charge in [-0.25, -0.2) is 13.1 Å². The standard InChI is InChI=1S/C16H26N2O2S/c1-2-11-17-12-15-7-9-16(10-8-15)21(19,20)18-13-14-5-3-4-6-14/h7-10,14,17-18H,2-6,11-13H2,1H3. The molecule has 0 heterocycles. The van der Waals surface area contributed by atoms with Crippen molar-refractivity contribution in [1.82, 2.24) is 10.0 Å². The molecule has 0 aliphatic heterocycles. The van der Waals surface area contributed by atoms with Crippen molar-refractivity contribution in [3.8, 4) is 0 Å². The zero-order chi connectivity index (χ0) is 15.1. The molecular formula is C16H26N2O2S. The Bertz CT molecular complexity index is 520.